The van der Waals surface area contributed by atoms with Crippen molar-refractivity contribution in [1.29, 1.82) is 0 Å². The Bertz CT molecular complexity index is 777. The number of amides is 1. The highest BCUT2D eigenvalue weighted by Gasteiger charge is 2.24. The van der Waals surface area contributed by atoms with Gasteiger partial charge in [-0.15, -0.1) is 5.10 Å². The van der Waals surface area contributed by atoms with E-state index in [4.69, 9.17) is 9.47 Å². The van der Waals surface area contributed by atoms with Gasteiger partial charge in [0.25, 0.3) is 5.91 Å². The molecule has 0 spiro atoms. The zero-order valence-electron chi connectivity index (χ0n) is 16.9. The van der Waals surface area contributed by atoms with Gasteiger partial charge in [-0.05, 0) is 50.5 Å². The van der Waals surface area contributed by atoms with Crippen molar-refractivity contribution in [3.8, 4) is 0 Å². The fourth-order valence-corrected chi connectivity index (χ4v) is 3.38. The second kappa shape index (κ2) is 10.3. The van der Waals surface area contributed by atoms with E-state index in [0.29, 0.717) is 32.2 Å². The van der Waals surface area contributed by atoms with Crippen LogP contribution < -0.4 is 10.2 Å². The first kappa shape index (κ1) is 21.2. The van der Waals surface area contributed by atoms with Gasteiger partial charge < -0.3 is 19.7 Å². The predicted molar refractivity (Wildman–Crippen MR) is 106 cm³/mol. The third kappa shape index (κ3) is 5.98. The summed E-state index contributed by atoms with van der Waals surface area (Å²) in [4.78, 5) is 14.6. The monoisotopic (exact) mass is 405 g/mol. The van der Waals surface area contributed by atoms with Gasteiger partial charge in [0.05, 0.1) is 12.7 Å². The van der Waals surface area contributed by atoms with Crippen molar-refractivity contribution >= 4 is 11.6 Å². The van der Waals surface area contributed by atoms with E-state index < -0.39 is 6.29 Å². The van der Waals surface area contributed by atoms with E-state index in [1.54, 1.807) is 23.0 Å². The van der Waals surface area contributed by atoms with Gasteiger partial charge in [-0.2, -0.15) is 0 Å². The standard InChI is InChI=1S/C20H28FN5O3/c1-3-28-19(29-4-2)14-26-13-18(23-24-26)20(27)22-11-15-9-10-25(12-15)17-7-5-16(21)6-8-17/h5-8,13,15,19H,3-4,9-12,14H2,1-2H3,(H,22,27). The molecule has 9 heteroatoms. The summed E-state index contributed by atoms with van der Waals surface area (Å²) in [5.41, 5.74) is 1.27. The molecule has 1 fully saturated rings. The smallest absolute Gasteiger partial charge is 0.273 e. The molecule has 0 aliphatic carbocycles. The number of halogens is 1. The summed E-state index contributed by atoms with van der Waals surface area (Å²) in [5, 5.41) is 10.9. The molecule has 1 amide bonds. The molecule has 29 heavy (non-hydrogen) atoms. The fraction of sp³-hybridized carbons (Fsp3) is 0.550. The van der Waals surface area contributed by atoms with Crippen LogP contribution in [0.3, 0.4) is 0 Å². The SMILES string of the molecule is CCOC(Cn1cc(C(=O)NCC2CCN(c3ccc(F)cc3)C2)nn1)OCC. The maximum atomic E-state index is 13.1. The second-order valence-corrected chi connectivity index (χ2v) is 6.95. The molecular formula is C20H28FN5O3. The number of hydrogen-bond donors (Lipinski definition) is 1. The Morgan fingerprint density at radius 2 is 2.00 bits per heavy atom. The highest BCUT2D eigenvalue weighted by Crippen LogP contribution is 2.23. The molecule has 1 aromatic heterocycles. The lowest BCUT2D eigenvalue weighted by Gasteiger charge is -2.18. The van der Waals surface area contributed by atoms with Crippen LogP contribution in [0.15, 0.2) is 30.5 Å². The highest BCUT2D eigenvalue weighted by atomic mass is 19.1. The number of ether oxygens (including phenoxy) is 2. The van der Waals surface area contributed by atoms with Crippen LogP contribution in [0.4, 0.5) is 10.1 Å². The molecule has 1 unspecified atom stereocenters. The zero-order chi connectivity index (χ0) is 20.6. The van der Waals surface area contributed by atoms with Crippen molar-refractivity contribution in [3.63, 3.8) is 0 Å². The summed E-state index contributed by atoms with van der Waals surface area (Å²) in [5.74, 6) is -0.154. The van der Waals surface area contributed by atoms with Crippen molar-refractivity contribution in [3.05, 3.63) is 42.0 Å². The van der Waals surface area contributed by atoms with Crippen molar-refractivity contribution in [1.82, 2.24) is 20.3 Å². The molecule has 8 nitrogen and oxygen atoms in total. The third-order valence-electron chi connectivity index (χ3n) is 4.84. The Morgan fingerprint density at radius 3 is 2.69 bits per heavy atom. The van der Waals surface area contributed by atoms with E-state index in [0.717, 1.165) is 25.2 Å². The van der Waals surface area contributed by atoms with Gasteiger partial charge in [-0.3, -0.25) is 4.79 Å². The average Bonchev–Trinajstić information content (AvgIpc) is 3.37. The van der Waals surface area contributed by atoms with Crippen LogP contribution in [-0.2, 0) is 16.0 Å². The third-order valence-corrected chi connectivity index (χ3v) is 4.84. The second-order valence-electron chi connectivity index (χ2n) is 6.95. The van der Waals surface area contributed by atoms with Gasteiger partial charge >= 0.3 is 0 Å². The van der Waals surface area contributed by atoms with Crippen LogP contribution in [-0.4, -0.2) is 60.0 Å². The molecule has 3 rings (SSSR count). The van der Waals surface area contributed by atoms with E-state index in [2.05, 4.69) is 20.5 Å². The number of benzene rings is 1. The minimum atomic E-state index is -0.418. The van der Waals surface area contributed by atoms with Crippen molar-refractivity contribution in [2.45, 2.75) is 33.1 Å². The summed E-state index contributed by atoms with van der Waals surface area (Å²) >= 11 is 0. The van der Waals surface area contributed by atoms with Crippen LogP contribution in [0.25, 0.3) is 0 Å². The minimum absolute atomic E-state index is 0.237. The van der Waals surface area contributed by atoms with Crippen molar-refractivity contribution in [2.24, 2.45) is 5.92 Å². The summed E-state index contributed by atoms with van der Waals surface area (Å²) in [6.07, 6.45) is 2.15. The van der Waals surface area contributed by atoms with Gasteiger partial charge in [0.1, 0.15) is 5.82 Å². The van der Waals surface area contributed by atoms with E-state index in [-0.39, 0.29) is 17.4 Å². The Balaban J connectivity index is 1.46. The summed E-state index contributed by atoms with van der Waals surface area (Å²) in [7, 11) is 0. The van der Waals surface area contributed by atoms with E-state index in [1.807, 2.05) is 13.8 Å². The number of carbonyl (C=O) groups excluding carboxylic acids is 1. The van der Waals surface area contributed by atoms with Crippen molar-refractivity contribution in [2.75, 3.05) is 37.7 Å². The summed E-state index contributed by atoms with van der Waals surface area (Å²) < 4.78 is 25.6. The molecule has 158 valence electrons. The number of anilines is 1. The number of nitrogens with one attached hydrogen (secondary N) is 1. The topological polar surface area (TPSA) is 81.5 Å². The Labute approximate surface area is 170 Å². The first-order chi connectivity index (χ1) is 14.1. The minimum Gasteiger partial charge on any atom is -0.371 e. The number of nitrogens with zero attached hydrogens (tertiary/aromatic N) is 4. The van der Waals surface area contributed by atoms with E-state index in [9.17, 15) is 9.18 Å². The number of aromatic nitrogens is 3. The van der Waals surface area contributed by atoms with Crippen LogP contribution in [0.1, 0.15) is 30.8 Å². The molecule has 1 atom stereocenters. The molecule has 1 N–H and O–H groups in total. The van der Waals surface area contributed by atoms with Crippen LogP contribution in [0.2, 0.25) is 0 Å². The quantitative estimate of drug-likeness (QED) is 0.610. The number of hydrogen-bond acceptors (Lipinski definition) is 6. The van der Waals surface area contributed by atoms with Gasteiger partial charge in [0, 0.05) is 38.5 Å². The first-order valence-electron chi connectivity index (χ1n) is 10.0. The molecule has 0 radical (unpaired) electrons. The summed E-state index contributed by atoms with van der Waals surface area (Å²) in [6, 6.07) is 6.50. The lowest BCUT2D eigenvalue weighted by molar-refractivity contribution is -0.145. The van der Waals surface area contributed by atoms with E-state index >= 15 is 0 Å². The van der Waals surface area contributed by atoms with Gasteiger partial charge in [-0.1, -0.05) is 5.21 Å². The van der Waals surface area contributed by atoms with Gasteiger partial charge in [-0.25, -0.2) is 9.07 Å². The molecule has 1 aliphatic heterocycles. The Hall–Kier alpha value is -2.52. The molecule has 2 aromatic rings. The highest BCUT2D eigenvalue weighted by molar-refractivity contribution is 5.91. The molecule has 1 aliphatic rings. The molecule has 1 saturated heterocycles. The first-order valence-corrected chi connectivity index (χ1v) is 10.0. The molecular weight excluding hydrogens is 377 g/mol. The number of rotatable bonds is 10. The maximum Gasteiger partial charge on any atom is 0.273 e. The Kier molecular flexibility index (Phi) is 7.54. The average molecular weight is 405 g/mol. The van der Waals surface area contributed by atoms with E-state index in [1.165, 1.54) is 12.1 Å². The molecule has 1 aromatic carbocycles. The lowest BCUT2D eigenvalue weighted by atomic mass is 10.1. The van der Waals surface area contributed by atoms with Gasteiger partial charge in [0.15, 0.2) is 12.0 Å². The predicted octanol–water partition coefficient (Wildman–Crippen LogP) is 2.07. The molecule has 0 saturated carbocycles. The number of carbonyl (C=O) groups is 1. The zero-order valence-corrected chi connectivity index (χ0v) is 16.9. The van der Waals surface area contributed by atoms with Crippen LogP contribution in [0.5, 0.6) is 0 Å². The fourth-order valence-electron chi connectivity index (χ4n) is 3.38. The molecule has 2 heterocycles. The van der Waals surface area contributed by atoms with Gasteiger partial charge in [0.2, 0.25) is 0 Å². The normalized spacial score (nSPS) is 16.6. The van der Waals surface area contributed by atoms with Crippen LogP contribution in [0, 0.1) is 11.7 Å². The maximum absolute atomic E-state index is 13.1. The largest absolute Gasteiger partial charge is 0.371 e. The van der Waals surface area contributed by atoms with Crippen LogP contribution >= 0.6 is 0 Å². The summed E-state index contributed by atoms with van der Waals surface area (Å²) in [6.45, 7) is 7.49. The van der Waals surface area contributed by atoms with Crippen molar-refractivity contribution < 1.29 is 18.7 Å². The molecule has 0 bridgehead atoms. The lowest BCUT2D eigenvalue weighted by Crippen LogP contribution is -2.31. The Morgan fingerprint density at radius 1 is 1.28 bits per heavy atom.